The Labute approximate surface area is 243 Å². The Morgan fingerprint density at radius 2 is 1.40 bits per heavy atom. The molecule has 0 aromatic heterocycles. The van der Waals surface area contributed by atoms with Gasteiger partial charge < -0.3 is 10.1 Å². The lowest BCUT2D eigenvalue weighted by molar-refractivity contribution is 0.0526. The van der Waals surface area contributed by atoms with Gasteiger partial charge in [0.2, 0.25) is 10.0 Å². The minimum absolute atomic E-state index is 0.121. The van der Waals surface area contributed by atoms with E-state index in [0.717, 1.165) is 33.6 Å². The lowest BCUT2D eigenvalue weighted by Gasteiger charge is -2.23. The number of para-hydroxylation sites is 1. The molecule has 0 bridgehead atoms. The normalized spacial score (nSPS) is 11.4. The SMILES string of the molecule is CCOC(=O)c1ccc(CN(Cc2ccc(F)cc2)S(=O)(=O)c2ccc(F)c(C(=O)Nc3c(C)cccc3C)c2)cc1. The molecule has 7 nitrogen and oxygen atoms in total. The van der Waals surface area contributed by atoms with Crippen molar-refractivity contribution in [2.75, 3.05) is 11.9 Å². The molecule has 0 heterocycles. The molecule has 0 atom stereocenters. The van der Waals surface area contributed by atoms with Crippen LogP contribution < -0.4 is 5.32 Å². The van der Waals surface area contributed by atoms with Crippen molar-refractivity contribution in [1.82, 2.24) is 4.31 Å². The fraction of sp³-hybridized carbons (Fsp3) is 0.188. The number of hydrogen-bond donors (Lipinski definition) is 1. The van der Waals surface area contributed by atoms with Gasteiger partial charge in [-0.2, -0.15) is 4.31 Å². The maximum absolute atomic E-state index is 14.9. The van der Waals surface area contributed by atoms with Gasteiger partial charge in [-0.3, -0.25) is 4.79 Å². The van der Waals surface area contributed by atoms with E-state index in [1.807, 2.05) is 6.07 Å². The highest BCUT2D eigenvalue weighted by molar-refractivity contribution is 7.89. The number of carbonyl (C=O) groups excluding carboxylic acids is 2. The van der Waals surface area contributed by atoms with Gasteiger partial charge in [0.05, 0.1) is 22.6 Å². The second kappa shape index (κ2) is 13.1. The zero-order chi connectivity index (χ0) is 30.4. The fourth-order valence-electron chi connectivity index (χ4n) is 4.36. The van der Waals surface area contributed by atoms with E-state index in [0.29, 0.717) is 22.4 Å². The predicted octanol–water partition coefficient (Wildman–Crippen LogP) is 6.40. The molecule has 1 N–H and O–H groups in total. The van der Waals surface area contributed by atoms with Crippen molar-refractivity contribution in [1.29, 1.82) is 0 Å². The first-order valence-corrected chi connectivity index (χ1v) is 14.6. The van der Waals surface area contributed by atoms with E-state index in [-0.39, 0.29) is 24.6 Å². The van der Waals surface area contributed by atoms with Crippen LogP contribution in [0, 0.1) is 25.5 Å². The van der Waals surface area contributed by atoms with Gasteiger partial charge in [-0.1, -0.05) is 42.5 Å². The van der Waals surface area contributed by atoms with E-state index in [1.165, 1.54) is 36.4 Å². The van der Waals surface area contributed by atoms with Crippen molar-refractivity contribution < 1.29 is 31.5 Å². The number of hydrogen-bond acceptors (Lipinski definition) is 5. The Hall–Kier alpha value is -4.41. The van der Waals surface area contributed by atoms with E-state index in [9.17, 15) is 26.8 Å². The Morgan fingerprint density at radius 1 is 0.833 bits per heavy atom. The van der Waals surface area contributed by atoms with Crippen LogP contribution in [-0.4, -0.2) is 31.2 Å². The van der Waals surface area contributed by atoms with Crippen molar-refractivity contribution in [2.24, 2.45) is 0 Å². The van der Waals surface area contributed by atoms with Gasteiger partial charge in [-0.25, -0.2) is 22.0 Å². The van der Waals surface area contributed by atoms with E-state index in [1.54, 1.807) is 45.0 Å². The molecule has 4 aromatic carbocycles. The molecule has 0 aliphatic heterocycles. The quantitative estimate of drug-likeness (QED) is 0.215. The van der Waals surface area contributed by atoms with Gasteiger partial charge in [-0.05, 0) is 85.5 Å². The summed E-state index contributed by atoms with van der Waals surface area (Å²) < 4.78 is 62.4. The number of sulfonamides is 1. The number of carbonyl (C=O) groups is 2. The Balaban J connectivity index is 1.68. The number of halogens is 2. The third kappa shape index (κ3) is 7.07. The van der Waals surface area contributed by atoms with E-state index < -0.39 is 39.1 Å². The Morgan fingerprint density at radius 3 is 1.98 bits per heavy atom. The fourth-order valence-corrected chi connectivity index (χ4v) is 5.81. The molecule has 0 aliphatic carbocycles. The van der Waals surface area contributed by atoms with Crippen molar-refractivity contribution >= 4 is 27.6 Å². The van der Waals surface area contributed by atoms with Gasteiger partial charge in [0, 0.05) is 18.8 Å². The van der Waals surface area contributed by atoms with Crippen LogP contribution in [0.4, 0.5) is 14.5 Å². The average molecular weight is 593 g/mol. The third-order valence-corrected chi connectivity index (χ3v) is 8.42. The average Bonchev–Trinajstić information content (AvgIpc) is 2.96. The van der Waals surface area contributed by atoms with Crippen LogP contribution >= 0.6 is 0 Å². The Bertz CT molecular complexity index is 1690. The number of nitrogens with one attached hydrogen (secondary N) is 1. The summed E-state index contributed by atoms with van der Waals surface area (Å²) in [6.45, 7) is 5.25. The summed E-state index contributed by atoms with van der Waals surface area (Å²) in [6, 6.07) is 20.1. The van der Waals surface area contributed by atoms with Crippen LogP contribution in [0.1, 0.15) is 49.9 Å². The van der Waals surface area contributed by atoms with Crippen molar-refractivity contribution in [2.45, 2.75) is 38.8 Å². The largest absolute Gasteiger partial charge is 0.462 e. The summed E-state index contributed by atoms with van der Waals surface area (Å²) in [5.74, 6) is -2.64. The maximum atomic E-state index is 14.9. The first kappa shape index (κ1) is 30.5. The molecule has 0 saturated carbocycles. The number of aryl methyl sites for hydroxylation is 2. The van der Waals surface area contributed by atoms with Crippen LogP contribution in [0.5, 0.6) is 0 Å². The number of rotatable bonds is 10. The van der Waals surface area contributed by atoms with Crippen molar-refractivity contribution in [3.8, 4) is 0 Å². The highest BCUT2D eigenvalue weighted by Crippen LogP contribution is 2.26. The first-order chi connectivity index (χ1) is 20.0. The smallest absolute Gasteiger partial charge is 0.338 e. The van der Waals surface area contributed by atoms with Gasteiger partial charge in [0.15, 0.2) is 0 Å². The zero-order valence-corrected chi connectivity index (χ0v) is 24.2. The summed E-state index contributed by atoms with van der Waals surface area (Å²) in [6.07, 6.45) is 0. The van der Waals surface area contributed by atoms with E-state index in [2.05, 4.69) is 5.32 Å². The Kier molecular flexibility index (Phi) is 9.49. The second-order valence-electron chi connectivity index (χ2n) is 9.68. The maximum Gasteiger partial charge on any atom is 0.338 e. The molecule has 4 aromatic rings. The molecular weight excluding hydrogens is 562 g/mol. The molecular formula is C32H30F2N2O5S. The molecule has 1 amide bonds. The van der Waals surface area contributed by atoms with Gasteiger partial charge in [0.25, 0.3) is 5.91 Å². The first-order valence-electron chi connectivity index (χ1n) is 13.2. The number of nitrogens with zero attached hydrogens (tertiary/aromatic N) is 1. The number of anilines is 1. The number of esters is 1. The highest BCUT2D eigenvalue weighted by atomic mass is 32.2. The summed E-state index contributed by atoms with van der Waals surface area (Å²) in [5, 5.41) is 2.69. The molecule has 4 rings (SSSR count). The van der Waals surface area contributed by atoms with E-state index >= 15 is 0 Å². The molecule has 218 valence electrons. The van der Waals surface area contributed by atoms with Crippen LogP contribution in [0.15, 0.2) is 89.8 Å². The van der Waals surface area contributed by atoms with E-state index in [4.69, 9.17) is 4.74 Å². The third-order valence-electron chi connectivity index (χ3n) is 6.64. The van der Waals surface area contributed by atoms with Crippen LogP contribution in [0.3, 0.4) is 0 Å². The summed E-state index contributed by atoms with van der Waals surface area (Å²) in [5.41, 5.74) is 3.01. The van der Waals surface area contributed by atoms with Crippen molar-refractivity contribution in [3.63, 3.8) is 0 Å². The van der Waals surface area contributed by atoms with Crippen LogP contribution in [0.25, 0.3) is 0 Å². The molecule has 10 heteroatoms. The van der Waals surface area contributed by atoms with Gasteiger partial charge in [0.1, 0.15) is 11.6 Å². The summed E-state index contributed by atoms with van der Waals surface area (Å²) in [4.78, 5) is 24.8. The van der Waals surface area contributed by atoms with Crippen LogP contribution in [0.2, 0.25) is 0 Å². The highest BCUT2D eigenvalue weighted by Gasteiger charge is 2.27. The van der Waals surface area contributed by atoms with Gasteiger partial charge in [-0.15, -0.1) is 0 Å². The molecule has 0 aliphatic rings. The number of amides is 1. The number of benzene rings is 4. The summed E-state index contributed by atoms with van der Waals surface area (Å²) in [7, 11) is -4.30. The van der Waals surface area contributed by atoms with Crippen LogP contribution in [-0.2, 0) is 27.8 Å². The van der Waals surface area contributed by atoms with Gasteiger partial charge >= 0.3 is 5.97 Å². The zero-order valence-electron chi connectivity index (χ0n) is 23.4. The molecule has 0 radical (unpaired) electrons. The molecule has 0 saturated heterocycles. The second-order valence-corrected chi connectivity index (χ2v) is 11.6. The molecule has 42 heavy (non-hydrogen) atoms. The lowest BCUT2D eigenvalue weighted by Crippen LogP contribution is -2.30. The number of ether oxygens (including phenoxy) is 1. The summed E-state index contributed by atoms with van der Waals surface area (Å²) >= 11 is 0. The lowest BCUT2D eigenvalue weighted by atomic mass is 10.1. The molecule has 0 unspecified atom stereocenters. The minimum Gasteiger partial charge on any atom is -0.462 e. The monoisotopic (exact) mass is 592 g/mol. The molecule has 0 spiro atoms. The minimum atomic E-state index is -4.30. The van der Waals surface area contributed by atoms with Crippen molar-refractivity contribution in [3.05, 3.63) is 130 Å². The molecule has 0 fully saturated rings. The topological polar surface area (TPSA) is 92.8 Å². The predicted molar refractivity (Wildman–Crippen MR) is 156 cm³/mol. The standard InChI is InChI=1S/C32H30F2N2O5S/c1-4-41-32(38)25-12-8-23(9-13-25)19-36(20-24-10-14-26(33)15-11-24)42(39,40)27-16-17-29(34)28(18-27)31(37)35-30-21(2)6-5-7-22(30)3/h5-18H,4,19-20H2,1-3H3,(H,35,37).